The van der Waals surface area contributed by atoms with Crippen LogP contribution in [-0.2, 0) is 20.8 Å². The summed E-state index contributed by atoms with van der Waals surface area (Å²) in [6.07, 6.45) is 2.81. The highest BCUT2D eigenvalue weighted by Gasteiger charge is 2.40. The normalized spacial score (nSPS) is 18.0. The minimum absolute atomic E-state index is 0.0536. The summed E-state index contributed by atoms with van der Waals surface area (Å²) >= 11 is 0. The van der Waals surface area contributed by atoms with E-state index in [1.165, 1.54) is 4.90 Å². The lowest BCUT2D eigenvalue weighted by molar-refractivity contribution is -0.141. The monoisotopic (exact) mass is 327 g/mol. The van der Waals surface area contributed by atoms with Gasteiger partial charge in [0.15, 0.2) is 0 Å². The number of benzene rings is 1. The lowest BCUT2D eigenvalue weighted by atomic mass is 10.1. The summed E-state index contributed by atoms with van der Waals surface area (Å²) in [6, 6.07) is 7.10. The molecule has 24 heavy (non-hydrogen) atoms. The van der Waals surface area contributed by atoms with Crippen molar-refractivity contribution in [3.63, 3.8) is 0 Å². The van der Waals surface area contributed by atoms with E-state index >= 15 is 0 Å². The highest BCUT2D eigenvalue weighted by molar-refractivity contribution is 6.07. The van der Waals surface area contributed by atoms with Crippen molar-refractivity contribution < 1.29 is 14.4 Å². The van der Waals surface area contributed by atoms with Gasteiger partial charge in [0.2, 0.25) is 11.8 Å². The molecule has 1 aromatic heterocycles. The Kier molecular flexibility index (Phi) is 4.38. The van der Waals surface area contributed by atoms with Gasteiger partial charge in [-0.15, -0.1) is 0 Å². The molecule has 0 unspecified atom stereocenters. The summed E-state index contributed by atoms with van der Waals surface area (Å²) in [5, 5.41) is 3.80. The zero-order valence-corrected chi connectivity index (χ0v) is 13.8. The maximum absolute atomic E-state index is 12.2. The van der Waals surface area contributed by atoms with E-state index in [1.807, 2.05) is 30.5 Å². The van der Waals surface area contributed by atoms with Crippen molar-refractivity contribution in [3.8, 4) is 0 Å². The van der Waals surface area contributed by atoms with Gasteiger partial charge in [0.05, 0.1) is 6.42 Å². The van der Waals surface area contributed by atoms with Crippen molar-refractivity contribution in [2.75, 3.05) is 0 Å². The number of carbonyl (C=O) groups excluding carboxylic acids is 3. The van der Waals surface area contributed by atoms with Gasteiger partial charge in [0, 0.05) is 24.2 Å². The smallest absolute Gasteiger partial charge is 0.252 e. The zero-order valence-electron chi connectivity index (χ0n) is 13.8. The molecule has 2 N–H and O–H groups in total. The highest BCUT2D eigenvalue weighted by atomic mass is 16.2. The molecule has 1 fully saturated rings. The van der Waals surface area contributed by atoms with Crippen LogP contribution in [0.5, 0.6) is 0 Å². The van der Waals surface area contributed by atoms with E-state index in [1.54, 1.807) is 13.8 Å². The minimum Gasteiger partial charge on any atom is -0.361 e. The van der Waals surface area contributed by atoms with Crippen molar-refractivity contribution in [1.29, 1.82) is 0 Å². The second-order valence-electron chi connectivity index (χ2n) is 6.42. The Hall–Kier alpha value is -2.63. The lowest BCUT2D eigenvalue weighted by Gasteiger charge is -2.19. The number of imide groups is 1. The molecule has 0 aliphatic carbocycles. The molecule has 2 heterocycles. The second kappa shape index (κ2) is 6.47. The molecule has 6 nitrogen and oxygen atoms in total. The quantitative estimate of drug-likeness (QED) is 0.821. The molecule has 1 atom stereocenters. The predicted molar refractivity (Wildman–Crippen MR) is 90.2 cm³/mol. The Morgan fingerprint density at radius 1 is 1.33 bits per heavy atom. The van der Waals surface area contributed by atoms with Gasteiger partial charge >= 0.3 is 0 Å². The minimum atomic E-state index is -0.723. The maximum atomic E-state index is 12.2. The summed E-state index contributed by atoms with van der Waals surface area (Å²) < 4.78 is 0. The van der Waals surface area contributed by atoms with Crippen molar-refractivity contribution in [2.24, 2.45) is 0 Å². The van der Waals surface area contributed by atoms with Crippen LogP contribution in [0.3, 0.4) is 0 Å². The van der Waals surface area contributed by atoms with E-state index in [9.17, 15) is 14.4 Å². The molecule has 1 aliphatic rings. The fourth-order valence-corrected chi connectivity index (χ4v) is 3.09. The van der Waals surface area contributed by atoms with E-state index in [0.29, 0.717) is 6.42 Å². The maximum Gasteiger partial charge on any atom is 0.252 e. The third-order valence-corrected chi connectivity index (χ3v) is 4.29. The van der Waals surface area contributed by atoms with Crippen LogP contribution in [0, 0.1) is 0 Å². The molecule has 0 saturated carbocycles. The number of aromatic nitrogens is 1. The summed E-state index contributed by atoms with van der Waals surface area (Å²) in [7, 11) is 0. The van der Waals surface area contributed by atoms with Gasteiger partial charge in [-0.3, -0.25) is 19.3 Å². The first-order chi connectivity index (χ1) is 11.5. The standard InChI is InChI=1S/C18H21N3O3/c1-11(2)21-17(23)10-15(18(21)24)20-16(22)6-4-12-3-5-14-13(9-12)7-8-19-14/h3,5,7-9,11,15,19H,4,6,10H2,1-2H3,(H,20,22)/t15-/m0/s1. The van der Waals surface area contributed by atoms with Crippen molar-refractivity contribution in [2.45, 2.75) is 45.2 Å². The summed E-state index contributed by atoms with van der Waals surface area (Å²) in [5.41, 5.74) is 2.13. The number of aryl methyl sites for hydroxylation is 1. The number of rotatable bonds is 5. The molecule has 3 rings (SSSR count). The summed E-state index contributed by atoms with van der Waals surface area (Å²) in [4.78, 5) is 40.5. The number of H-pyrrole nitrogens is 1. The van der Waals surface area contributed by atoms with Crippen molar-refractivity contribution in [1.82, 2.24) is 15.2 Å². The average molecular weight is 327 g/mol. The van der Waals surface area contributed by atoms with Gasteiger partial charge in [0.1, 0.15) is 6.04 Å². The largest absolute Gasteiger partial charge is 0.361 e. The van der Waals surface area contributed by atoms with Crippen LogP contribution < -0.4 is 5.32 Å². The third-order valence-electron chi connectivity index (χ3n) is 4.29. The number of hydrogen-bond donors (Lipinski definition) is 2. The molecule has 0 radical (unpaired) electrons. The van der Waals surface area contributed by atoms with Crippen LogP contribution in [0.15, 0.2) is 30.5 Å². The number of amides is 3. The first-order valence-corrected chi connectivity index (χ1v) is 8.17. The lowest BCUT2D eigenvalue weighted by Crippen LogP contribution is -2.43. The first kappa shape index (κ1) is 16.2. The predicted octanol–water partition coefficient (Wildman–Crippen LogP) is 1.75. The second-order valence-corrected chi connectivity index (χ2v) is 6.42. The molecule has 6 heteroatoms. The number of carbonyl (C=O) groups is 3. The molecule has 1 aromatic carbocycles. The van der Waals surface area contributed by atoms with Crippen LogP contribution in [0.1, 0.15) is 32.3 Å². The zero-order chi connectivity index (χ0) is 17.3. The van der Waals surface area contributed by atoms with E-state index in [0.717, 1.165) is 16.5 Å². The number of hydrogen-bond acceptors (Lipinski definition) is 3. The molecule has 0 spiro atoms. The van der Waals surface area contributed by atoms with Gasteiger partial charge < -0.3 is 10.3 Å². The van der Waals surface area contributed by atoms with Crippen molar-refractivity contribution in [3.05, 3.63) is 36.0 Å². The Labute approximate surface area is 140 Å². The topological polar surface area (TPSA) is 82.3 Å². The Morgan fingerprint density at radius 3 is 2.83 bits per heavy atom. The molecular formula is C18H21N3O3. The van der Waals surface area contributed by atoms with E-state index in [-0.39, 0.29) is 36.6 Å². The Morgan fingerprint density at radius 2 is 2.12 bits per heavy atom. The van der Waals surface area contributed by atoms with E-state index in [4.69, 9.17) is 0 Å². The van der Waals surface area contributed by atoms with Gasteiger partial charge in [0.25, 0.3) is 5.91 Å². The van der Waals surface area contributed by atoms with E-state index in [2.05, 4.69) is 10.3 Å². The van der Waals surface area contributed by atoms with Crippen molar-refractivity contribution >= 4 is 28.6 Å². The van der Waals surface area contributed by atoms with Gasteiger partial charge in [-0.05, 0) is 49.4 Å². The molecule has 1 aliphatic heterocycles. The molecule has 126 valence electrons. The first-order valence-electron chi connectivity index (χ1n) is 8.17. The molecule has 2 aromatic rings. The Bertz CT molecular complexity index is 794. The van der Waals surface area contributed by atoms with Gasteiger partial charge in [-0.2, -0.15) is 0 Å². The average Bonchev–Trinajstić information content (AvgIpc) is 3.09. The molecule has 0 bridgehead atoms. The fraction of sp³-hybridized carbons (Fsp3) is 0.389. The van der Waals surface area contributed by atoms with Gasteiger partial charge in [-0.25, -0.2) is 0 Å². The number of nitrogens with zero attached hydrogens (tertiary/aromatic N) is 1. The Balaban J connectivity index is 1.56. The van der Waals surface area contributed by atoms with Crippen LogP contribution >= 0.6 is 0 Å². The molecule has 1 saturated heterocycles. The van der Waals surface area contributed by atoms with Crippen LogP contribution in [-0.4, -0.2) is 39.7 Å². The number of fused-ring (bicyclic) bond motifs is 1. The summed E-state index contributed by atoms with van der Waals surface area (Å²) in [6.45, 7) is 3.58. The number of likely N-dealkylation sites (tertiary alicyclic amines) is 1. The SMILES string of the molecule is CC(C)N1C(=O)C[C@H](NC(=O)CCc2ccc3[nH]ccc3c2)C1=O. The fourth-order valence-electron chi connectivity index (χ4n) is 3.09. The number of nitrogens with one attached hydrogen (secondary N) is 2. The van der Waals surface area contributed by atoms with E-state index < -0.39 is 6.04 Å². The van der Waals surface area contributed by atoms with Crippen LogP contribution in [0.25, 0.3) is 10.9 Å². The third kappa shape index (κ3) is 3.18. The number of aromatic amines is 1. The van der Waals surface area contributed by atoms with Gasteiger partial charge in [-0.1, -0.05) is 6.07 Å². The van der Waals surface area contributed by atoms with Crippen LogP contribution in [0.4, 0.5) is 0 Å². The highest BCUT2D eigenvalue weighted by Crippen LogP contribution is 2.17. The molecular weight excluding hydrogens is 306 g/mol. The van der Waals surface area contributed by atoms with Crippen LogP contribution in [0.2, 0.25) is 0 Å². The molecule has 3 amide bonds. The summed E-state index contributed by atoms with van der Waals surface area (Å²) in [5.74, 6) is -0.740.